The molecule has 0 aliphatic carbocycles. The van der Waals surface area contributed by atoms with Gasteiger partial charge in [-0.25, -0.2) is 0 Å². The first-order valence-electron chi connectivity index (χ1n) is 7.15. The third-order valence-electron chi connectivity index (χ3n) is 3.10. The lowest BCUT2D eigenvalue weighted by atomic mass is 10.3. The summed E-state index contributed by atoms with van der Waals surface area (Å²) in [5.74, 6) is 0. The van der Waals surface area contributed by atoms with Crippen LogP contribution in [0.5, 0.6) is 0 Å². The second-order valence-electron chi connectivity index (χ2n) is 5.37. The monoisotopic (exact) mass is 314 g/mol. The summed E-state index contributed by atoms with van der Waals surface area (Å²) in [4.78, 5) is 4.15. The molecular formula is C14H26N4O2S. The van der Waals surface area contributed by atoms with E-state index in [1.807, 2.05) is 18.2 Å². The van der Waals surface area contributed by atoms with Crippen LogP contribution >= 0.6 is 0 Å². The topological polar surface area (TPSA) is 65.5 Å². The summed E-state index contributed by atoms with van der Waals surface area (Å²) < 4.78 is 27.4. The summed E-state index contributed by atoms with van der Waals surface area (Å²) in [6.45, 7) is 5.72. The molecular weight excluding hydrogens is 288 g/mol. The van der Waals surface area contributed by atoms with Crippen LogP contribution in [0.15, 0.2) is 24.4 Å². The maximum Gasteiger partial charge on any atom is 0.281 e. The smallest absolute Gasteiger partial charge is 0.281 e. The highest BCUT2D eigenvalue weighted by Crippen LogP contribution is 2.08. The van der Waals surface area contributed by atoms with Gasteiger partial charge in [0.2, 0.25) is 0 Å². The van der Waals surface area contributed by atoms with Crippen LogP contribution in [0.4, 0.5) is 0 Å². The molecule has 0 atom stereocenters. The normalized spacial score (nSPS) is 12.5. The summed E-state index contributed by atoms with van der Waals surface area (Å²) in [6.07, 6.45) is 2.45. The van der Waals surface area contributed by atoms with Crippen molar-refractivity contribution >= 4 is 10.2 Å². The Hall–Kier alpha value is -1.02. The van der Waals surface area contributed by atoms with E-state index in [0.717, 1.165) is 18.7 Å². The summed E-state index contributed by atoms with van der Waals surface area (Å²) in [5.41, 5.74) is 0.735. The molecule has 1 aromatic heterocycles. The number of hydrogen-bond donors (Lipinski definition) is 1. The van der Waals surface area contributed by atoms with E-state index in [4.69, 9.17) is 0 Å². The lowest BCUT2D eigenvalue weighted by Gasteiger charge is -2.24. The van der Waals surface area contributed by atoms with E-state index < -0.39 is 10.2 Å². The molecule has 1 heterocycles. The van der Waals surface area contributed by atoms with Gasteiger partial charge in [0.15, 0.2) is 0 Å². The summed E-state index contributed by atoms with van der Waals surface area (Å²) in [5, 5.41) is 3.28. The van der Waals surface area contributed by atoms with Crippen molar-refractivity contribution in [1.29, 1.82) is 0 Å². The Morgan fingerprint density at radius 1 is 1.24 bits per heavy atom. The third-order valence-corrected chi connectivity index (χ3v) is 4.99. The minimum Gasteiger partial charge on any atom is -0.314 e. The van der Waals surface area contributed by atoms with Crippen LogP contribution in [0.3, 0.4) is 0 Å². The van der Waals surface area contributed by atoms with Gasteiger partial charge in [0, 0.05) is 32.9 Å². The van der Waals surface area contributed by atoms with Crippen LogP contribution < -0.4 is 5.32 Å². The first-order valence-corrected chi connectivity index (χ1v) is 8.54. The van der Waals surface area contributed by atoms with E-state index >= 15 is 0 Å². The van der Waals surface area contributed by atoms with Gasteiger partial charge in [0.25, 0.3) is 10.2 Å². The van der Waals surface area contributed by atoms with Crippen LogP contribution in [-0.4, -0.2) is 55.2 Å². The highest BCUT2D eigenvalue weighted by atomic mass is 32.2. The lowest BCUT2D eigenvalue weighted by Crippen LogP contribution is -2.40. The van der Waals surface area contributed by atoms with Gasteiger partial charge in [-0.15, -0.1) is 0 Å². The molecule has 0 amide bonds. The molecule has 1 N–H and O–H groups in total. The van der Waals surface area contributed by atoms with Crippen molar-refractivity contribution < 1.29 is 8.42 Å². The zero-order valence-electron chi connectivity index (χ0n) is 13.3. The Morgan fingerprint density at radius 3 is 2.52 bits per heavy atom. The largest absolute Gasteiger partial charge is 0.314 e. The third kappa shape index (κ3) is 6.09. The predicted octanol–water partition coefficient (Wildman–Crippen LogP) is 1.08. The highest BCUT2D eigenvalue weighted by Gasteiger charge is 2.23. The van der Waals surface area contributed by atoms with Crippen molar-refractivity contribution in [3.63, 3.8) is 0 Å². The quantitative estimate of drug-likeness (QED) is 0.693. The zero-order valence-corrected chi connectivity index (χ0v) is 14.1. The Labute approximate surface area is 128 Å². The van der Waals surface area contributed by atoms with Gasteiger partial charge in [0.1, 0.15) is 0 Å². The van der Waals surface area contributed by atoms with Crippen molar-refractivity contribution in [2.45, 2.75) is 32.9 Å². The first kappa shape index (κ1) is 18.0. The molecule has 0 aliphatic rings. The van der Waals surface area contributed by atoms with Gasteiger partial charge in [-0.1, -0.05) is 19.9 Å². The van der Waals surface area contributed by atoms with E-state index in [2.05, 4.69) is 24.1 Å². The molecule has 0 aliphatic heterocycles. The van der Waals surface area contributed by atoms with E-state index in [1.54, 1.807) is 20.3 Å². The minimum atomic E-state index is -3.44. The summed E-state index contributed by atoms with van der Waals surface area (Å²) in [6, 6.07) is 5.90. The number of pyridine rings is 1. The molecule has 7 heteroatoms. The average Bonchev–Trinajstić information content (AvgIpc) is 2.44. The molecule has 0 aromatic carbocycles. The van der Waals surface area contributed by atoms with Gasteiger partial charge in [-0.05, 0) is 25.1 Å². The van der Waals surface area contributed by atoms with Gasteiger partial charge in [-0.3, -0.25) is 4.98 Å². The number of aromatic nitrogens is 1. The van der Waals surface area contributed by atoms with E-state index in [0.29, 0.717) is 12.6 Å². The predicted molar refractivity (Wildman–Crippen MR) is 85.0 cm³/mol. The maximum atomic E-state index is 12.4. The standard InChI is InChI=1S/C14H26N4O2S/c1-13(2)15-10-7-11-17(3)21(19,20)18(4)12-14-8-5-6-9-16-14/h5-6,8-9,13,15H,7,10-12H2,1-4H3. The van der Waals surface area contributed by atoms with Gasteiger partial charge in [0.05, 0.1) is 12.2 Å². The fraction of sp³-hybridized carbons (Fsp3) is 0.643. The van der Waals surface area contributed by atoms with Gasteiger partial charge >= 0.3 is 0 Å². The van der Waals surface area contributed by atoms with Crippen molar-refractivity contribution in [2.75, 3.05) is 27.2 Å². The minimum absolute atomic E-state index is 0.276. The Bertz CT molecular complexity index is 505. The summed E-state index contributed by atoms with van der Waals surface area (Å²) in [7, 11) is -0.252. The molecule has 0 saturated heterocycles. The lowest BCUT2D eigenvalue weighted by molar-refractivity contribution is 0.380. The molecule has 0 fully saturated rings. The maximum absolute atomic E-state index is 12.4. The van der Waals surface area contributed by atoms with Crippen LogP contribution in [0.1, 0.15) is 26.0 Å². The van der Waals surface area contributed by atoms with Crippen LogP contribution in [0.25, 0.3) is 0 Å². The molecule has 0 spiro atoms. The van der Waals surface area contributed by atoms with Gasteiger partial charge in [-0.2, -0.15) is 17.0 Å². The molecule has 120 valence electrons. The zero-order chi connectivity index (χ0) is 15.9. The SMILES string of the molecule is CC(C)NCCCN(C)S(=O)(=O)N(C)Cc1ccccn1. The molecule has 1 rings (SSSR count). The Morgan fingerprint density at radius 2 is 1.95 bits per heavy atom. The van der Waals surface area contributed by atoms with Crippen LogP contribution in [0, 0.1) is 0 Å². The molecule has 1 aromatic rings. The molecule has 21 heavy (non-hydrogen) atoms. The summed E-state index contributed by atoms with van der Waals surface area (Å²) >= 11 is 0. The van der Waals surface area contributed by atoms with E-state index in [1.165, 1.54) is 8.61 Å². The number of hydrogen-bond acceptors (Lipinski definition) is 4. The van der Waals surface area contributed by atoms with Crippen molar-refractivity contribution in [2.24, 2.45) is 0 Å². The molecule has 0 unspecified atom stereocenters. The average molecular weight is 314 g/mol. The van der Waals surface area contributed by atoms with Crippen LogP contribution in [0.2, 0.25) is 0 Å². The van der Waals surface area contributed by atoms with Crippen LogP contribution in [-0.2, 0) is 16.8 Å². The molecule has 0 saturated carbocycles. The fourth-order valence-corrected chi connectivity index (χ4v) is 2.98. The van der Waals surface area contributed by atoms with Crippen molar-refractivity contribution in [1.82, 2.24) is 18.9 Å². The number of nitrogens with zero attached hydrogens (tertiary/aromatic N) is 3. The van der Waals surface area contributed by atoms with E-state index in [9.17, 15) is 8.42 Å². The molecule has 6 nitrogen and oxygen atoms in total. The second-order valence-corrected chi connectivity index (χ2v) is 7.51. The van der Waals surface area contributed by atoms with Crippen molar-refractivity contribution in [3.8, 4) is 0 Å². The second kappa shape index (κ2) is 8.43. The highest BCUT2D eigenvalue weighted by molar-refractivity contribution is 7.86. The fourth-order valence-electron chi connectivity index (χ4n) is 1.85. The molecule has 0 radical (unpaired) electrons. The van der Waals surface area contributed by atoms with E-state index in [-0.39, 0.29) is 6.54 Å². The van der Waals surface area contributed by atoms with Gasteiger partial charge < -0.3 is 5.32 Å². The molecule has 0 bridgehead atoms. The Kier molecular flexibility index (Phi) is 7.24. The first-order chi connectivity index (χ1) is 9.84. The van der Waals surface area contributed by atoms with Crippen molar-refractivity contribution in [3.05, 3.63) is 30.1 Å². The number of nitrogens with one attached hydrogen (secondary N) is 1. The number of rotatable bonds is 9. The Balaban J connectivity index is 2.50.